The van der Waals surface area contributed by atoms with Gasteiger partial charge in [0.25, 0.3) is 0 Å². The molecule has 1 fully saturated rings. The van der Waals surface area contributed by atoms with Crippen LogP contribution in [-0.2, 0) is 0 Å². The van der Waals surface area contributed by atoms with Crippen LogP contribution in [0.1, 0.15) is 85.5 Å². The average Bonchev–Trinajstić information content (AvgIpc) is 2.38. The Morgan fingerprint density at radius 2 is 1.68 bits per heavy atom. The standard InChI is InChI=1S/C17H36N2/c1-5-6-7-8-9-16(19-18)14-10-12-15(13-11-14)17(2,3)4/h14-16,19H,5-13,18H2,1-4H3. The first-order valence-corrected chi connectivity index (χ1v) is 8.45. The maximum absolute atomic E-state index is 5.79. The smallest absolute Gasteiger partial charge is 0.0238 e. The van der Waals surface area contributed by atoms with E-state index >= 15 is 0 Å². The summed E-state index contributed by atoms with van der Waals surface area (Å²) in [6, 6.07) is 0.553. The molecule has 0 saturated heterocycles. The first-order chi connectivity index (χ1) is 8.99. The van der Waals surface area contributed by atoms with Gasteiger partial charge in [-0.25, -0.2) is 0 Å². The van der Waals surface area contributed by atoms with Gasteiger partial charge in [0.1, 0.15) is 0 Å². The van der Waals surface area contributed by atoms with Crippen molar-refractivity contribution >= 4 is 0 Å². The largest absolute Gasteiger partial charge is 0.271 e. The molecule has 0 amide bonds. The molecule has 19 heavy (non-hydrogen) atoms. The monoisotopic (exact) mass is 268 g/mol. The van der Waals surface area contributed by atoms with Crippen LogP contribution >= 0.6 is 0 Å². The highest BCUT2D eigenvalue weighted by atomic mass is 15.2. The predicted octanol–water partition coefficient (Wildman–Crippen LogP) is 4.64. The Morgan fingerprint density at radius 1 is 1.05 bits per heavy atom. The van der Waals surface area contributed by atoms with Crippen LogP contribution in [0.2, 0.25) is 0 Å². The van der Waals surface area contributed by atoms with Gasteiger partial charge in [0.05, 0.1) is 0 Å². The molecule has 1 aliphatic rings. The second-order valence-corrected chi connectivity index (χ2v) is 7.60. The molecule has 0 bridgehead atoms. The van der Waals surface area contributed by atoms with Crippen molar-refractivity contribution in [1.29, 1.82) is 0 Å². The molecule has 2 heteroatoms. The zero-order chi connectivity index (χ0) is 14.3. The Morgan fingerprint density at radius 3 is 2.16 bits per heavy atom. The van der Waals surface area contributed by atoms with Crippen molar-refractivity contribution in [3.8, 4) is 0 Å². The van der Waals surface area contributed by atoms with Gasteiger partial charge >= 0.3 is 0 Å². The molecule has 0 radical (unpaired) electrons. The molecule has 0 aromatic carbocycles. The molecule has 0 aromatic rings. The van der Waals surface area contributed by atoms with Crippen molar-refractivity contribution in [3.63, 3.8) is 0 Å². The molecular weight excluding hydrogens is 232 g/mol. The SMILES string of the molecule is CCCCCCC(NN)C1CCC(C(C)(C)C)CC1. The molecule has 0 aliphatic heterocycles. The van der Waals surface area contributed by atoms with Crippen molar-refractivity contribution < 1.29 is 0 Å². The Bertz CT molecular complexity index is 224. The molecule has 1 unspecified atom stereocenters. The number of nitrogens with two attached hydrogens (primary N) is 1. The maximum Gasteiger partial charge on any atom is 0.0238 e. The number of unbranched alkanes of at least 4 members (excludes halogenated alkanes) is 3. The van der Waals surface area contributed by atoms with Crippen molar-refractivity contribution in [2.75, 3.05) is 0 Å². The molecule has 1 rings (SSSR count). The van der Waals surface area contributed by atoms with E-state index in [0.29, 0.717) is 11.5 Å². The molecule has 0 aromatic heterocycles. The zero-order valence-corrected chi connectivity index (χ0v) is 13.7. The molecule has 1 atom stereocenters. The lowest BCUT2D eigenvalue weighted by Crippen LogP contribution is -2.43. The lowest BCUT2D eigenvalue weighted by Gasteiger charge is -2.39. The van der Waals surface area contributed by atoms with E-state index in [0.717, 1.165) is 11.8 Å². The topological polar surface area (TPSA) is 38.0 Å². The molecule has 3 N–H and O–H groups in total. The van der Waals surface area contributed by atoms with Crippen LogP contribution in [0.15, 0.2) is 0 Å². The first kappa shape index (κ1) is 17.0. The van der Waals surface area contributed by atoms with E-state index in [2.05, 4.69) is 33.1 Å². The Hall–Kier alpha value is -0.0800. The van der Waals surface area contributed by atoms with Crippen LogP contribution in [0, 0.1) is 17.3 Å². The predicted molar refractivity (Wildman–Crippen MR) is 84.8 cm³/mol. The van der Waals surface area contributed by atoms with Crippen molar-refractivity contribution in [2.24, 2.45) is 23.1 Å². The minimum absolute atomic E-state index is 0.484. The van der Waals surface area contributed by atoms with E-state index in [9.17, 15) is 0 Å². The number of nitrogens with one attached hydrogen (secondary N) is 1. The molecular formula is C17H36N2. The number of rotatable bonds is 7. The van der Waals surface area contributed by atoms with Crippen LogP contribution < -0.4 is 11.3 Å². The van der Waals surface area contributed by atoms with Gasteiger partial charge in [-0.1, -0.05) is 53.4 Å². The summed E-state index contributed by atoms with van der Waals surface area (Å²) in [6.07, 6.45) is 12.2. The summed E-state index contributed by atoms with van der Waals surface area (Å²) >= 11 is 0. The van der Waals surface area contributed by atoms with Crippen LogP contribution in [0.3, 0.4) is 0 Å². The molecule has 114 valence electrons. The van der Waals surface area contributed by atoms with Crippen LogP contribution in [0.4, 0.5) is 0 Å². The third-order valence-corrected chi connectivity index (χ3v) is 5.15. The van der Waals surface area contributed by atoms with Crippen LogP contribution in [0.25, 0.3) is 0 Å². The maximum atomic E-state index is 5.79. The minimum atomic E-state index is 0.484. The van der Waals surface area contributed by atoms with Gasteiger partial charge in [-0.3, -0.25) is 11.3 Å². The van der Waals surface area contributed by atoms with Gasteiger partial charge in [-0.15, -0.1) is 0 Å². The fourth-order valence-corrected chi connectivity index (χ4v) is 3.63. The highest BCUT2D eigenvalue weighted by molar-refractivity contribution is 4.85. The minimum Gasteiger partial charge on any atom is -0.271 e. The Labute approximate surface area is 120 Å². The van der Waals surface area contributed by atoms with E-state index < -0.39 is 0 Å². The number of hydrogen-bond donors (Lipinski definition) is 2. The fraction of sp³-hybridized carbons (Fsp3) is 1.00. The van der Waals surface area contributed by atoms with E-state index in [1.165, 1.54) is 57.8 Å². The van der Waals surface area contributed by atoms with Gasteiger partial charge in [0, 0.05) is 6.04 Å². The lowest BCUT2D eigenvalue weighted by molar-refractivity contribution is 0.129. The van der Waals surface area contributed by atoms with E-state index in [-0.39, 0.29) is 0 Å². The van der Waals surface area contributed by atoms with Gasteiger partial charge in [-0.2, -0.15) is 0 Å². The van der Waals surface area contributed by atoms with Crippen molar-refractivity contribution in [3.05, 3.63) is 0 Å². The summed E-state index contributed by atoms with van der Waals surface area (Å²) < 4.78 is 0. The summed E-state index contributed by atoms with van der Waals surface area (Å²) in [7, 11) is 0. The quantitative estimate of drug-likeness (QED) is 0.401. The van der Waals surface area contributed by atoms with Crippen molar-refractivity contribution in [1.82, 2.24) is 5.43 Å². The average molecular weight is 268 g/mol. The summed E-state index contributed by atoms with van der Waals surface area (Å²) in [5, 5.41) is 0. The van der Waals surface area contributed by atoms with Gasteiger partial charge in [-0.05, 0) is 49.4 Å². The third-order valence-electron chi connectivity index (χ3n) is 5.15. The Balaban J connectivity index is 2.31. The molecule has 1 aliphatic carbocycles. The van der Waals surface area contributed by atoms with Gasteiger partial charge < -0.3 is 0 Å². The van der Waals surface area contributed by atoms with E-state index in [1.54, 1.807) is 0 Å². The van der Waals surface area contributed by atoms with E-state index in [4.69, 9.17) is 5.84 Å². The first-order valence-electron chi connectivity index (χ1n) is 8.45. The lowest BCUT2D eigenvalue weighted by atomic mass is 9.68. The highest BCUT2D eigenvalue weighted by Gasteiger charge is 2.32. The zero-order valence-electron chi connectivity index (χ0n) is 13.7. The molecule has 0 spiro atoms. The summed E-state index contributed by atoms with van der Waals surface area (Å²) in [5.74, 6) is 7.50. The summed E-state index contributed by atoms with van der Waals surface area (Å²) in [4.78, 5) is 0. The van der Waals surface area contributed by atoms with E-state index in [1.807, 2.05) is 0 Å². The van der Waals surface area contributed by atoms with Gasteiger partial charge in [0.15, 0.2) is 0 Å². The molecule has 0 heterocycles. The van der Waals surface area contributed by atoms with Crippen molar-refractivity contribution in [2.45, 2.75) is 91.5 Å². The van der Waals surface area contributed by atoms with Crippen LogP contribution in [0.5, 0.6) is 0 Å². The normalized spacial score (nSPS) is 26.4. The van der Waals surface area contributed by atoms with Gasteiger partial charge in [0.2, 0.25) is 0 Å². The highest BCUT2D eigenvalue weighted by Crippen LogP contribution is 2.41. The summed E-state index contributed by atoms with van der Waals surface area (Å²) in [6.45, 7) is 9.44. The molecule has 2 nitrogen and oxygen atoms in total. The third kappa shape index (κ3) is 5.83. The Kier molecular flexibility index (Phi) is 7.38. The number of hydrazine groups is 1. The number of hydrogen-bond acceptors (Lipinski definition) is 2. The fourth-order valence-electron chi connectivity index (χ4n) is 3.63. The van der Waals surface area contributed by atoms with Crippen LogP contribution in [-0.4, -0.2) is 6.04 Å². The summed E-state index contributed by atoms with van der Waals surface area (Å²) in [5.41, 5.74) is 3.59. The second kappa shape index (κ2) is 8.26. The molecule has 1 saturated carbocycles. The second-order valence-electron chi connectivity index (χ2n) is 7.60.